The first-order chi connectivity index (χ1) is 8.29. The van der Waals surface area contributed by atoms with Crippen LogP contribution in [0.15, 0.2) is 12.4 Å². The van der Waals surface area contributed by atoms with E-state index in [2.05, 4.69) is 39.1 Å². The quantitative estimate of drug-likeness (QED) is 0.782. The van der Waals surface area contributed by atoms with E-state index in [1.807, 2.05) is 6.07 Å². The molecule has 5 nitrogen and oxygen atoms in total. The first kappa shape index (κ1) is 12.1. The van der Waals surface area contributed by atoms with Crippen LogP contribution in [0.25, 0.3) is 0 Å². The van der Waals surface area contributed by atoms with E-state index in [1.54, 1.807) is 6.33 Å². The van der Waals surface area contributed by atoms with Gasteiger partial charge in [0.2, 0.25) is 0 Å². The molecule has 0 atom stereocenters. The van der Waals surface area contributed by atoms with Gasteiger partial charge < -0.3 is 10.2 Å². The minimum Gasteiger partial charge on any atom is -0.370 e. The Morgan fingerprint density at radius 1 is 1.35 bits per heavy atom. The number of likely N-dealkylation sites (N-methyl/N-ethyl adjacent to an activating group) is 1. The maximum Gasteiger partial charge on any atom is 0.135 e. The maximum absolute atomic E-state index is 4.33. The van der Waals surface area contributed by atoms with Gasteiger partial charge in [-0.25, -0.2) is 9.97 Å². The Bertz CT molecular complexity index is 355. The third-order valence-corrected chi connectivity index (χ3v) is 2.98. The number of aromatic nitrogens is 2. The average molecular weight is 235 g/mol. The fourth-order valence-corrected chi connectivity index (χ4v) is 1.92. The molecule has 1 aliphatic heterocycles. The van der Waals surface area contributed by atoms with Crippen molar-refractivity contribution >= 4 is 11.6 Å². The molecular formula is C12H21N5. The van der Waals surface area contributed by atoms with E-state index in [4.69, 9.17) is 0 Å². The Labute approximate surface area is 103 Å². The normalized spacial score (nSPS) is 16.5. The van der Waals surface area contributed by atoms with E-state index < -0.39 is 0 Å². The molecule has 1 aliphatic rings. The molecule has 0 unspecified atom stereocenters. The zero-order valence-electron chi connectivity index (χ0n) is 10.7. The molecule has 1 aromatic rings. The van der Waals surface area contributed by atoms with Crippen LogP contribution >= 0.6 is 0 Å². The minimum atomic E-state index is 0.929. The van der Waals surface area contributed by atoms with Gasteiger partial charge in [0.05, 0.1) is 6.67 Å². The van der Waals surface area contributed by atoms with Crippen molar-refractivity contribution in [3.63, 3.8) is 0 Å². The summed E-state index contributed by atoms with van der Waals surface area (Å²) in [6, 6.07) is 2.04. The van der Waals surface area contributed by atoms with Crippen molar-refractivity contribution in [2.45, 2.75) is 19.8 Å². The third-order valence-electron chi connectivity index (χ3n) is 2.98. The second kappa shape index (κ2) is 5.82. The summed E-state index contributed by atoms with van der Waals surface area (Å²) in [6.45, 7) is 6.26. The highest BCUT2D eigenvalue weighted by molar-refractivity contribution is 5.48. The van der Waals surface area contributed by atoms with Crippen molar-refractivity contribution in [2.75, 3.05) is 43.6 Å². The van der Waals surface area contributed by atoms with Gasteiger partial charge in [-0.1, -0.05) is 13.3 Å². The van der Waals surface area contributed by atoms with Crippen LogP contribution in [-0.2, 0) is 0 Å². The van der Waals surface area contributed by atoms with Gasteiger partial charge in [0.1, 0.15) is 18.0 Å². The van der Waals surface area contributed by atoms with Crippen LogP contribution in [0.2, 0.25) is 0 Å². The molecule has 2 rings (SSSR count). The van der Waals surface area contributed by atoms with E-state index in [-0.39, 0.29) is 0 Å². The standard InChI is InChI=1S/C12H21N5/c1-3-4-5-13-11-8-12(15-9-14-11)17-7-6-16(2)10-17/h8-9H,3-7,10H2,1-2H3,(H,13,14,15). The van der Waals surface area contributed by atoms with Crippen molar-refractivity contribution in [2.24, 2.45) is 0 Å². The van der Waals surface area contributed by atoms with Gasteiger partial charge in [-0.3, -0.25) is 4.90 Å². The van der Waals surface area contributed by atoms with Gasteiger partial charge in [0, 0.05) is 25.7 Å². The first-order valence-electron chi connectivity index (χ1n) is 6.29. The monoisotopic (exact) mass is 235 g/mol. The van der Waals surface area contributed by atoms with Crippen molar-refractivity contribution in [3.05, 3.63) is 12.4 Å². The molecule has 0 amide bonds. The third kappa shape index (κ3) is 3.30. The molecule has 1 fully saturated rings. The summed E-state index contributed by atoms with van der Waals surface area (Å²) in [5.41, 5.74) is 0. The Balaban J connectivity index is 1.96. The fraction of sp³-hybridized carbons (Fsp3) is 0.667. The topological polar surface area (TPSA) is 44.3 Å². The minimum absolute atomic E-state index is 0.929. The molecule has 2 heterocycles. The van der Waals surface area contributed by atoms with Crippen LogP contribution in [0.4, 0.5) is 11.6 Å². The number of hydrogen-bond acceptors (Lipinski definition) is 5. The molecule has 1 aromatic heterocycles. The summed E-state index contributed by atoms with van der Waals surface area (Å²) in [7, 11) is 2.13. The van der Waals surface area contributed by atoms with Crippen LogP contribution in [-0.4, -0.2) is 48.2 Å². The van der Waals surface area contributed by atoms with E-state index >= 15 is 0 Å². The highest BCUT2D eigenvalue weighted by atomic mass is 15.4. The lowest BCUT2D eigenvalue weighted by Gasteiger charge is -2.17. The summed E-state index contributed by atoms with van der Waals surface area (Å²) in [5, 5.41) is 3.33. The van der Waals surface area contributed by atoms with Gasteiger partial charge in [-0.05, 0) is 13.5 Å². The molecule has 0 bridgehead atoms. The Morgan fingerprint density at radius 3 is 2.94 bits per heavy atom. The summed E-state index contributed by atoms with van der Waals surface area (Å²) < 4.78 is 0. The second-order valence-electron chi connectivity index (χ2n) is 4.53. The van der Waals surface area contributed by atoms with Crippen LogP contribution in [0.3, 0.4) is 0 Å². The lowest BCUT2D eigenvalue weighted by Crippen LogP contribution is -2.23. The van der Waals surface area contributed by atoms with Crippen molar-refractivity contribution in [1.82, 2.24) is 14.9 Å². The smallest absolute Gasteiger partial charge is 0.135 e. The summed E-state index contributed by atoms with van der Waals surface area (Å²) >= 11 is 0. The number of nitrogens with zero attached hydrogens (tertiary/aromatic N) is 4. The molecule has 0 radical (unpaired) electrons. The number of anilines is 2. The van der Waals surface area contributed by atoms with E-state index in [0.29, 0.717) is 0 Å². The van der Waals surface area contributed by atoms with E-state index in [0.717, 1.165) is 37.9 Å². The van der Waals surface area contributed by atoms with Crippen LogP contribution in [0.5, 0.6) is 0 Å². The van der Waals surface area contributed by atoms with Crippen LogP contribution < -0.4 is 10.2 Å². The highest BCUT2D eigenvalue weighted by Gasteiger charge is 2.17. The summed E-state index contributed by atoms with van der Waals surface area (Å²) in [5.74, 6) is 1.95. The first-order valence-corrected chi connectivity index (χ1v) is 6.29. The fourth-order valence-electron chi connectivity index (χ4n) is 1.92. The number of rotatable bonds is 5. The molecule has 0 spiro atoms. The molecule has 94 valence electrons. The van der Waals surface area contributed by atoms with Crippen LogP contribution in [0.1, 0.15) is 19.8 Å². The average Bonchev–Trinajstić information content (AvgIpc) is 2.77. The predicted molar refractivity (Wildman–Crippen MR) is 70.3 cm³/mol. The van der Waals surface area contributed by atoms with Crippen molar-refractivity contribution in [1.29, 1.82) is 0 Å². The molecule has 5 heteroatoms. The van der Waals surface area contributed by atoms with Gasteiger partial charge in [-0.15, -0.1) is 0 Å². The Hall–Kier alpha value is -1.36. The molecule has 0 aromatic carbocycles. The van der Waals surface area contributed by atoms with Gasteiger partial charge in [0.25, 0.3) is 0 Å². The van der Waals surface area contributed by atoms with Gasteiger partial charge in [-0.2, -0.15) is 0 Å². The summed E-state index contributed by atoms with van der Waals surface area (Å²) in [6.07, 6.45) is 4.01. The molecule has 0 saturated carbocycles. The van der Waals surface area contributed by atoms with E-state index in [1.165, 1.54) is 12.8 Å². The number of hydrogen-bond donors (Lipinski definition) is 1. The van der Waals surface area contributed by atoms with Crippen molar-refractivity contribution < 1.29 is 0 Å². The second-order valence-corrected chi connectivity index (χ2v) is 4.53. The molecule has 0 aliphatic carbocycles. The number of unbranched alkanes of at least 4 members (excludes halogenated alkanes) is 1. The lowest BCUT2D eigenvalue weighted by atomic mass is 10.3. The number of nitrogens with one attached hydrogen (secondary N) is 1. The Kier molecular flexibility index (Phi) is 4.14. The van der Waals surface area contributed by atoms with Gasteiger partial charge >= 0.3 is 0 Å². The largest absolute Gasteiger partial charge is 0.370 e. The van der Waals surface area contributed by atoms with Crippen LogP contribution in [0, 0.1) is 0 Å². The van der Waals surface area contributed by atoms with E-state index in [9.17, 15) is 0 Å². The predicted octanol–water partition coefficient (Wildman–Crippen LogP) is 1.40. The molecular weight excluding hydrogens is 214 g/mol. The molecule has 1 N–H and O–H groups in total. The zero-order valence-corrected chi connectivity index (χ0v) is 10.7. The maximum atomic E-state index is 4.33. The summed E-state index contributed by atoms with van der Waals surface area (Å²) in [4.78, 5) is 13.1. The van der Waals surface area contributed by atoms with Gasteiger partial charge in [0.15, 0.2) is 0 Å². The highest BCUT2D eigenvalue weighted by Crippen LogP contribution is 2.16. The molecule has 17 heavy (non-hydrogen) atoms. The lowest BCUT2D eigenvalue weighted by molar-refractivity contribution is 0.420. The Morgan fingerprint density at radius 2 is 2.24 bits per heavy atom. The zero-order chi connectivity index (χ0) is 12.1. The SMILES string of the molecule is CCCCNc1cc(N2CCN(C)C2)ncn1. The van der Waals surface area contributed by atoms with Crippen molar-refractivity contribution in [3.8, 4) is 0 Å². The molecule has 1 saturated heterocycles.